The van der Waals surface area contributed by atoms with Gasteiger partial charge in [0.25, 0.3) is 0 Å². The maximum Gasteiger partial charge on any atom is 0.302 e. The van der Waals surface area contributed by atoms with Gasteiger partial charge in [0.15, 0.2) is 0 Å². The summed E-state index contributed by atoms with van der Waals surface area (Å²) in [4.78, 5) is 9.82. The smallest absolute Gasteiger partial charge is 0.302 e. The second kappa shape index (κ2) is 10.7. The number of esters is 1. The predicted molar refractivity (Wildman–Crippen MR) is 38.7 cm³/mol. The Kier molecular flexibility index (Phi) is 13.7. The maximum absolute atomic E-state index is 9.82. The van der Waals surface area contributed by atoms with Crippen LogP contribution in [0.3, 0.4) is 0 Å². The van der Waals surface area contributed by atoms with E-state index in [2.05, 4.69) is 4.74 Å². The average Bonchev–Trinajstić information content (AvgIpc) is 1.67. The van der Waals surface area contributed by atoms with E-state index in [4.69, 9.17) is 11.6 Å². The van der Waals surface area contributed by atoms with Crippen molar-refractivity contribution in [2.75, 3.05) is 12.5 Å². The normalized spacial score (nSPS) is 7.11. The SMILES string of the molecule is CCCl.CCOC(C)=O. The van der Waals surface area contributed by atoms with Gasteiger partial charge in [-0.1, -0.05) is 6.92 Å². The van der Waals surface area contributed by atoms with Gasteiger partial charge in [-0.2, -0.15) is 0 Å². The molecule has 0 atom stereocenters. The van der Waals surface area contributed by atoms with Crippen LogP contribution in [-0.4, -0.2) is 18.5 Å². The van der Waals surface area contributed by atoms with E-state index in [1.165, 1.54) is 6.92 Å². The van der Waals surface area contributed by atoms with Crippen LogP contribution < -0.4 is 0 Å². The second-order valence-electron chi connectivity index (χ2n) is 1.19. The molecule has 0 aromatic carbocycles. The summed E-state index contributed by atoms with van der Waals surface area (Å²) < 4.78 is 4.40. The van der Waals surface area contributed by atoms with Crippen molar-refractivity contribution in [3.8, 4) is 0 Å². The van der Waals surface area contributed by atoms with Crippen molar-refractivity contribution < 1.29 is 9.53 Å². The molecule has 0 fully saturated rings. The quantitative estimate of drug-likeness (QED) is 0.423. The van der Waals surface area contributed by atoms with E-state index >= 15 is 0 Å². The van der Waals surface area contributed by atoms with Gasteiger partial charge in [-0.05, 0) is 6.92 Å². The first-order valence-corrected chi connectivity index (χ1v) is 3.41. The lowest BCUT2D eigenvalue weighted by atomic mass is 10.8. The number of halogens is 1. The van der Waals surface area contributed by atoms with E-state index in [1.54, 1.807) is 6.92 Å². The summed E-state index contributed by atoms with van der Waals surface area (Å²) in [5.74, 6) is 0.512. The van der Waals surface area contributed by atoms with Crippen molar-refractivity contribution in [1.29, 1.82) is 0 Å². The third-order valence-electron chi connectivity index (χ3n) is 0.348. The molecule has 0 saturated heterocycles. The zero-order chi connectivity index (χ0) is 7.70. The Morgan fingerprint density at radius 2 is 1.89 bits per heavy atom. The Morgan fingerprint density at radius 3 is 1.89 bits per heavy atom. The lowest BCUT2D eigenvalue weighted by molar-refractivity contribution is -0.140. The number of carbonyl (C=O) groups is 1. The third kappa shape index (κ3) is 33.8. The summed E-state index contributed by atoms with van der Waals surface area (Å²) in [6.45, 7) is 5.54. The summed E-state index contributed by atoms with van der Waals surface area (Å²) in [5, 5.41) is 0. The minimum atomic E-state index is -0.211. The fraction of sp³-hybridized carbons (Fsp3) is 0.833. The van der Waals surface area contributed by atoms with Gasteiger partial charge in [-0.3, -0.25) is 4.79 Å². The highest BCUT2D eigenvalue weighted by Crippen LogP contribution is 1.69. The van der Waals surface area contributed by atoms with Crippen molar-refractivity contribution >= 4 is 17.6 Å². The molecule has 0 aliphatic carbocycles. The number of alkyl halides is 1. The van der Waals surface area contributed by atoms with Crippen LogP contribution in [0.4, 0.5) is 0 Å². The number of hydrogen-bond donors (Lipinski definition) is 0. The van der Waals surface area contributed by atoms with Gasteiger partial charge in [0.1, 0.15) is 0 Å². The monoisotopic (exact) mass is 152 g/mol. The van der Waals surface area contributed by atoms with Gasteiger partial charge >= 0.3 is 5.97 Å². The minimum Gasteiger partial charge on any atom is -0.466 e. The van der Waals surface area contributed by atoms with Crippen molar-refractivity contribution in [3.05, 3.63) is 0 Å². The molecule has 0 aliphatic rings. The molecule has 0 unspecified atom stereocenters. The van der Waals surface area contributed by atoms with Crippen LogP contribution in [0, 0.1) is 0 Å². The van der Waals surface area contributed by atoms with Crippen LogP contribution >= 0.6 is 11.6 Å². The molecule has 0 saturated carbocycles. The average molecular weight is 153 g/mol. The summed E-state index contributed by atoms with van der Waals surface area (Å²) in [6.07, 6.45) is 0. The highest BCUT2D eigenvalue weighted by atomic mass is 35.5. The molecule has 0 aromatic heterocycles. The first-order chi connectivity index (χ1) is 4.18. The standard InChI is InChI=1S/C4H8O2.C2H5Cl/c1-3-6-4(2)5;1-2-3/h3H2,1-2H3;2H2,1H3. The van der Waals surface area contributed by atoms with Crippen molar-refractivity contribution in [2.45, 2.75) is 20.8 Å². The van der Waals surface area contributed by atoms with Crippen LogP contribution in [0.2, 0.25) is 0 Å². The van der Waals surface area contributed by atoms with Gasteiger partial charge < -0.3 is 4.74 Å². The molecule has 9 heavy (non-hydrogen) atoms. The highest BCUT2D eigenvalue weighted by molar-refractivity contribution is 6.17. The molecule has 0 N–H and O–H groups in total. The van der Waals surface area contributed by atoms with Crippen LogP contribution in [0.1, 0.15) is 20.8 Å². The molecular weight excluding hydrogens is 140 g/mol. The van der Waals surface area contributed by atoms with E-state index in [0.29, 0.717) is 6.61 Å². The van der Waals surface area contributed by atoms with E-state index in [-0.39, 0.29) is 5.97 Å². The minimum absolute atomic E-state index is 0.211. The molecule has 0 heterocycles. The summed E-state index contributed by atoms with van der Waals surface area (Å²) in [6, 6.07) is 0. The summed E-state index contributed by atoms with van der Waals surface area (Å²) >= 11 is 5.00. The molecule has 0 aromatic rings. The van der Waals surface area contributed by atoms with Crippen LogP contribution in [0.5, 0.6) is 0 Å². The molecule has 2 nitrogen and oxygen atoms in total. The van der Waals surface area contributed by atoms with E-state index in [9.17, 15) is 4.79 Å². The first-order valence-electron chi connectivity index (χ1n) is 2.88. The van der Waals surface area contributed by atoms with E-state index in [1.807, 2.05) is 6.92 Å². The number of ether oxygens (including phenoxy) is 1. The lowest BCUT2D eigenvalue weighted by Crippen LogP contribution is -1.95. The van der Waals surface area contributed by atoms with Gasteiger partial charge in [-0.15, -0.1) is 11.6 Å². The Bertz CT molecular complexity index is 64.1. The van der Waals surface area contributed by atoms with Crippen molar-refractivity contribution in [3.63, 3.8) is 0 Å². The van der Waals surface area contributed by atoms with Crippen molar-refractivity contribution in [2.24, 2.45) is 0 Å². The van der Waals surface area contributed by atoms with Crippen LogP contribution in [-0.2, 0) is 9.53 Å². The van der Waals surface area contributed by atoms with Crippen molar-refractivity contribution in [1.82, 2.24) is 0 Å². The molecule has 0 amide bonds. The second-order valence-corrected chi connectivity index (χ2v) is 1.73. The van der Waals surface area contributed by atoms with Gasteiger partial charge in [0, 0.05) is 12.8 Å². The molecule has 3 heteroatoms. The lowest BCUT2D eigenvalue weighted by Gasteiger charge is -1.89. The Hall–Kier alpha value is -0.240. The third-order valence-corrected chi connectivity index (χ3v) is 0.348. The highest BCUT2D eigenvalue weighted by Gasteiger charge is 1.81. The topological polar surface area (TPSA) is 26.3 Å². The zero-order valence-corrected chi connectivity index (χ0v) is 6.86. The molecular formula is C6H13ClO2. The van der Waals surface area contributed by atoms with Gasteiger partial charge in [0.2, 0.25) is 0 Å². The maximum atomic E-state index is 9.82. The molecule has 0 aliphatic heterocycles. The number of carbonyl (C=O) groups excluding carboxylic acids is 1. The molecule has 0 bridgehead atoms. The zero-order valence-electron chi connectivity index (χ0n) is 6.11. The van der Waals surface area contributed by atoms with E-state index in [0.717, 1.165) is 5.88 Å². The molecule has 0 radical (unpaired) electrons. The summed E-state index contributed by atoms with van der Waals surface area (Å²) in [7, 11) is 0. The van der Waals surface area contributed by atoms with E-state index < -0.39 is 0 Å². The largest absolute Gasteiger partial charge is 0.466 e. The predicted octanol–water partition coefficient (Wildman–Crippen LogP) is 1.81. The Balaban J connectivity index is 0. The van der Waals surface area contributed by atoms with Crippen LogP contribution in [0.15, 0.2) is 0 Å². The van der Waals surface area contributed by atoms with Gasteiger partial charge in [-0.25, -0.2) is 0 Å². The van der Waals surface area contributed by atoms with Crippen LogP contribution in [0.25, 0.3) is 0 Å². The number of rotatable bonds is 1. The summed E-state index contributed by atoms with van der Waals surface area (Å²) in [5.41, 5.74) is 0. The molecule has 0 rings (SSSR count). The number of hydrogen-bond acceptors (Lipinski definition) is 2. The first kappa shape index (κ1) is 11.5. The Morgan fingerprint density at radius 1 is 1.56 bits per heavy atom. The van der Waals surface area contributed by atoms with Gasteiger partial charge in [0.05, 0.1) is 6.61 Å². The molecule has 0 spiro atoms. The fourth-order valence-electron chi connectivity index (χ4n) is 0.203. The molecule has 56 valence electrons. The fourth-order valence-corrected chi connectivity index (χ4v) is 0.203. The Labute approximate surface area is 61.1 Å².